The van der Waals surface area contributed by atoms with E-state index in [1.165, 1.54) is 0 Å². The minimum atomic E-state index is -1.85. The Labute approximate surface area is 307 Å². The van der Waals surface area contributed by atoms with E-state index < -0.39 is 41.6 Å². The Morgan fingerprint density at radius 3 is 2.21 bits per heavy atom. The number of fused-ring (bicyclic) bond motifs is 5. The first kappa shape index (κ1) is 33.8. The molecule has 0 aliphatic carbocycles. The number of aliphatic hydroxyl groups excluding tert-OH is 1. The van der Waals surface area contributed by atoms with E-state index in [2.05, 4.69) is 17.2 Å². The van der Waals surface area contributed by atoms with Crippen LogP contribution >= 0.6 is 0 Å². The van der Waals surface area contributed by atoms with Gasteiger partial charge in [-0.25, -0.2) is 0 Å². The molecule has 264 valence electrons. The third-order valence-corrected chi connectivity index (χ3v) is 10.1. The van der Waals surface area contributed by atoms with E-state index in [-0.39, 0.29) is 13.2 Å². The molecule has 5 atom stereocenters. The molecular formula is C44H36N2O7. The van der Waals surface area contributed by atoms with Gasteiger partial charge in [-0.05, 0) is 77.4 Å². The fourth-order valence-electron chi connectivity index (χ4n) is 7.84. The van der Waals surface area contributed by atoms with Crippen molar-refractivity contribution in [2.45, 2.75) is 29.6 Å². The number of rotatable bonds is 8. The fourth-order valence-corrected chi connectivity index (χ4v) is 7.84. The second-order valence-corrected chi connectivity index (χ2v) is 13.2. The lowest BCUT2D eigenvalue weighted by atomic mass is 9.65. The first-order chi connectivity index (χ1) is 25.9. The predicted octanol–water partition coefficient (Wildman–Crippen LogP) is 6.56. The van der Waals surface area contributed by atoms with E-state index in [9.17, 15) is 19.8 Å². The molecule has 2 bridgehead atoms. The van der Waals surface area contributed by atoms with Crippen LogP contribution in [0.15, 0.2) is 139 Å². The molecule has 1 saturated heterocycles. The van der Waals surface area contributed by atoms with Crippen molar-refractivity contribution in [3.63, 3.8) is 0 Å². The highest BCUT2D eigenvalue weighted by Gasteiger charge is 2.65. The summed E-state index contributed by atoms with van der Waals surface area (Å²) in [6.07, 6.45) is 0.919. The molecule has 3 heterocycles. The second kappa shape index (κ2) is 14.0. The van der Waals surface area contributed by atoms with Crippen molar-refractivity contribution in [3.05, 3.63) is 173 Å². The van der Waals surface area contributed by atoms with Crippen molar-refractivity contribution >= 4 is 17.6 Å². The number of nitrogens with one attached hydrogen (secondary N) is 1. The number of methoxy groups -OCH3 is 1. The van der Waals surface area contributed by atoms with Crippen LogP contribution in [0.25, 0.3) is 0 Å². The van der Waals surface area contributed by atoms with Gasteiger partial charge in [0.15, 0.2) is 0 Å². The molecule has 5 aromatic rings. The maximum Gasteiger partial charge on any atom is 0.325 e. The number of carboxylic acid groups (broad SMARTS) is 1. The number of aliphatic hydroxyl groups is 1. The minimum absolute atomic E-state index is 0.107. The van der Waals surface area contributed by atoms with Gasteiger partial charge in [-0.15, -0.1) is 0 Å². The largest absolute Gasteiger partial charge is 0.497 e. The zero-order valence-electron chi connectivity index (χ0n) is 28.8. The number of carboxylic acids is 1. The van der Waals surface area contributed by atoms with Crippen LogP contribution in [0, 0.1) is 11.8 Å². The number of nitrogens with zero attached hydrogens (tertiary/aromatic N) is 1. The number of carbonyl (C=O) groups is 2. The molecule has 0 aromatic heterocycles. The van der Waals surface area contributed by atoms with Crippen LogP contribution in [0.2, 0.25) is 0 Å². The molecule has 0 amide bonds. The zero-order valence-corrected chi connectivity index (χ0v) is 28.8. The van der Waals surface area contributed by atoms with Gasteiger partial charge in [-0.3, -0.25) is 14.5 Å². The third-order valence-electron chi connectivity index (χ3n) is 10.1. The van der Waals surface area contributed by atoms with Gasteiger partial charge in [0.2, 0.25) is 0 Å². The Hall–Kier alpha value is -6.34. The Morgan fingerprint density at radius 1 is 0.830 bits per heavy atom. The van der Waals surface area contributed by atoms with Crippen molar-refractivity contribution in [3.8, 4) is 23.3 Å². The summed E-state index contributed by atoms with van der Waals surface area (Å²) in [5, 5.41) is 24.5. The quantitative estimate of drug-likeness (QED) is 0.122. The number of benzene rings is 5. The lowest BCUT2D eigenvalue weighted by molar-refractivity contribution is -0.189. The molecule has 0 spiro atoms. The molecule has 3 aliphatic heterocycles. The number of esters is 1. The smallest absolute Gasteiger partial charge is 0.325 e. The predicted molar refractivity (Wildman–Crippen MR) is 198 cm³/mol. The highest BCUT2D eigenvalue weighted by molar-refractivity contribution is 5.98. The minimum Gasteiger partial charge on any atom is -0.497 e. The molecule has 1 fully saturated rings. The highest BCUT2D eigenvalue weighted by atomic mass is 16.6. The zero-order chi connectivity index (χ0) is 36.5. The summed E-state index contributed by atoms with van der Waals surface area (Å²) in [4.78, 5) is 30.8. The Kier molecular flexibility index (Phi) is 8.92. The first-order valence-electron chi connectivity index (χ1n) is 17.4. The maximum atomic E-state index is 14.8. The molecule has 1 unspecified atom stereocenters. The van der Waals surface area contributed by atoms with Gasteiger partial charge in [0.25, 0.3) is 0 Å². The fraction of sp³-hybridized carbons (Fsp3) is 0.182. The Balaban J connectivity index is 1.34. The van der Waals surface area contributed by atoms with E-state index in [0.29, 0.717) is 34.0 Å². The monoisotopic (exact) mass is 704 g/mol. The number of ether oxygens (including phenoxy) is 3. The average Bonchev–Trinajstić information content (AvgIpc) is 3.20. The van der Waals surface area contributed by atoms with Crippen molar-refractivity contribution in [2.24, 2.45) is 0 Å². The molecule has 9 heteroatoms. The van der Waals surface area contributed by atoms with Crippen LogP contribution in [-0.2, 0) is 19.7 Å². The summed E-state index contributed by atoms with van der Waals surface area (Å²) < 4.78 is 17.5. The molecular weight excluding hydrogens is 668 g/mol. The summed E-state index contributed by atoms with van der Waals surface area (Å²) in [7, 11) is 1.60. The first-order valence-corrected chi connectivity index (χ1v) is 17.4. The summed E-state index contributed by atoms with van der Waals surface area (Å²) in [6, 6.07) is 37.0. The maximum absolute atomic E-state index is 14.8. The van der Waals surface area contributed by atoms with Crippen molar-refractivity contribution < 1.29 is 34.0 Å². The number of morpholine rings is 1. The van der Waals surface area contributed by atoms with Gasteiger partial charge in [0.05, 0.1) is 25.8 Å². The summed E-state index contributed by atoms with van der Waals surface area (Å²) in [6.45, 7) is -0.0464. The van der Waals surface area contributed by atoms with Gasteiger partial charge >= 0.3 is 11.9 Å². The van der Waals surface area contributed by atoms with Gasteiger partial charge in [-0.2, -0.15) is 0 Å². The standard InChI is InChI=1S/C44H36N2O7/c1-51-33-20-17-28(18-21-33)15-16-29-19-22-36-35(25-29)44(43(49)50)27-37(45-36)38(32-13-8-14-34(26-32)52-24-23-47)46-39(30-9-4-2-5-10-30)40(53-42(48)41(44)46)31-11-6-3-7-12-31/h2-14,17-22,25-27,38-41,45,47H,23-24H2,1H3,(H,49,50)/t38-,39+,40-,41-,44?/m0/s1. The summed E-state index contributed by atoms with van der Waals surface area (Å²) >= 11 is 0. The van der Waals surface area contributed by atoms with Crippen LogP contribution in [0.3, 0.4) is 0 Å². The molecule has 3 N–H and O–H groups in total. The Morgan fingerprint density at radius 2 is 1.51 bits per heavy atom. The van der Waals surface area contributed by atoms with E-state index in [0.717, 1.165) is 22.3 Å². The van der Waals surface area contributed by atoms with Crippen molar-refractivity contribution in [1.29, 1.82) is 0 Å². The third kappa shape index (κ3) is 5.98. The van der Waals surface area contributed by atoms with Crippen LogP contribution in [0.1, 0.15) is 51.6 Å². The van der Waals surface area contributed by atoms with E-state index in [1.54, 1.807) is 25.3 Å². The lowest BCUT2D eigenvalue weighted by Crippen LogP contribution is -2.67. The topological polar surface area (TPSA) is 118 Å². The van der Waals surface area contributed by atoms with E-state index in [4.69, 9.17) is 14.2 Å². The molecule has 9 nitrogen and oxygen atoms in total. The molecule has 53 heavy (non-hydrogen) atoms. The van der Waals surface area contributed by atoms with E-state index >= 15 is 0 Å². The summed E-state index contributed by atoms with van der Waals surface area (Å²) in [5.74, 6) is 5.77. The van der Waals surface area contributed by atoms with Gasteiger partial charge in [-0.1, -0.05) is 84.6 Å². The van der Waals surface area contributed by atoms with Gasteiger partial charge < -0.3 is 29.7 Å². The normalized spacial score (nSPS) is 22.8. The summed E-state index contributed by atoms with van der Waals surface area (Å²) in [5.41, 5.74) is 3.50. The van der Waals surface area contributed by atoms with Crippen molar-refractivity contribution in [2.75, 3.05) is 25.6 Å². The Bertz CT molecular complexity index is 2260. The SMILES string of the molecule is COc1ccc(C#Cc2ccc3c(c2)C2(C(=O)O)C=C(N3)[C@H](c3cccc(OCCO)c3)N3[C@H](c4ccccc4)[C@H](c4ccccc4)OC(=O)[C@H]32)cc1. The second-order valence-electron chi connectivity index (χ2n) is 13.2. The van der Waals surface area contributed by atoms with Crippen LogP contribution < -0.4 is 14.8 Å². The van der Waals surface area contributed by atoms with Crippen molar-refractivity contribution in [1.82, 2.24) is 4.90 Å². The molecule has 8 rings (SSSR count). The molecule has 5 aromatic carbocycles. The number of anilines is 1. The molecule has 3 aliphatic rings. The lowest BCUT2D eigenvalue weighted by Gasteiger charge is -2.57. The number of cyclic esters (lactones) is 1. The van der Waals surface area contributed by atoms with E-state index in [1.807, 2.05) is 120 Å². The highest BCUT2D eigenvalue weighted by Crippen LogP contribution is 2.58. The average molecular weight is 705 g/mol. The van der Waals surface area contributed by atoms with Crippen LogP contribution in [0.4, 0.5) is 5.69 Å². The number of hydrogen-bond acceptors (Lipinski definition) is 8. The van der Waals surface area contributed by atoms with Gasteiger partial charge in [0, 0.05) is 28.1 Å². The van der Waals surface area contributed by atoms with Crippen LogP contribution in [-0.4, -0.2) is 53.4 Å². The number of hydrogen-bond donors (Lipinski definition) is 3. The molecule has 0 radical (unpaired) electrons. The number of carbonyl (C=O) groups excluding carboxylic acids is 1. The van der Waals surface area contributed by atoms with Gasteiger partial charge in [0.1, 0.15) is 35.7 Å². The van der Waals surface area contributed by atoms with Crippen LogP contribution in [0.5, 0.6) is 11.5 Å². The molecule has 0 saturated carbocycles. The number of aliphatic carboxylic acids is 1.